The Labute approximate surface area is 122 Å². The number of Topliss-reactive ketones (excluding diaryl/α,β-unsaturated/α-hetero) is 1. The third kappa shape index (κ3) is 1.98. The van der Waals surface area contributed by atoms with Crippen LogP contribution in [0.1, 0.15) is 30.7 Å². The zero-order valence-electron chi connectivity index (χ0n) is 11.6. The molecule has 2 heterocycles. The molecule has 1 aromatic heterocycles. The van der Waals surface area contributed by atoms with Gasteiger partial charge in [0.15, 0.2) is 11.4 Å². The van der Waals surface area contributed by atoms with Crippen molar-refractivity contribution in [3.8, 4) is 0 Å². The molecule has 1 aromatic carbocycles. The van der Waals surface area contributed by atoms with Crippen molar-refractivity contribution in [3.63, 3.8) is 0 Å². The smallest absolute Gasteiger partial charge is 0.172 e. The highest BCUT2D eigenvalue weighted by Gasteiger charge is 2.44. The molecule has 0 fully saturated rings. The number of hydrogen-bond donors (Lipinski definition) is 0. The molecular formula is C17H16O2S. The molecular weight excluding hydrogens is 268 g/mol. The van der Waals surface area contributed by atoms with E-state index in [0.29, 0.717) is 6.42 Å². The molecule has 3 rings (SSSR count). The number of thiophene rings is 1. The summed E-state index contributed by atoms with van der Waals surface area (Å²) < 4.78 is 6.22. The summed E-state index contributed by atoms with van der Waals surface area (Å²) in [6.45, 7) is 3.49. The molecule has 1 atom stereocenters. The number of ether oxygens (including phenoxy) is 1. The first kappa shape index (κ1) is 13.1. The van der Waals surface area contributed by atoms with Gasteiger partial charge in [0.05, 0.1) is 4.88 Å². The van der Waals surface area contributed by atoms with Gasteiger partial charge in [0.25, 0.3) is 0 Å². The number of benzene rings is 1. The van der Waals surface area contributed by atoms with Gasteiger partial charge in [-0.15, -0.1) is 11.3 Å². The van der Waals surface area contributed by atoms with E-state index in [4.69, 9.17) is 4.74 Å². The van der Waals surface area contributed by atoms with Crippen molar-refractivity contribution in [2.45, 2.75) is 25.9 Å². The second-order valence-corrected chi connectivity index (χ2v) is 5.99. The average Bonchev–Trinajstić information content (AvgIpc) is 3.07. The van der Waals surface area contributed by atoms with E-state index >= 15 is 0 Å². The van der Waals surface area contributed by atoms with Crippen molar-refractivity contribution < 1.29 is 9.53 Å². The van der Waals surface area contributed by atoms with Gasteiger partial charge < -0.3 is 4.74 Å². The van der Waals surface area contributed by atoms with Crippen LogP contribution in [0.3, 0.4) is 0 Å². The minimum atomic E-state index is -0.541. The molecule has 20 heavy (non-hydrogen) atoms. The number of allylic oxidation sites excluding steroid dienone is 1. The summed E-state index contributed by atoms with van der Waals surface area (Å²) in [5, 5.41) is 2.05. The molecule has 2 aromatic rings. The Hall–Kier alpha value is -1.87. The van der Waals surface area contributed by atoms with Gasteiger partial charge in [-0.3, -0.25) is 4.79 Å². The van der Waals surface area contributed by atoms with Crippen molar-refractivity contribution >= 4 is 17.1 Å². The lowest BCUT2D eigenvalue weighted by molar-refractivity contribution is -0.113. The van der Waals surface area contributed by atoms with E-state index < -0.39 is 5.60 Å². The Morgan fingerprint density at radius 2 is 1.95 bits per heavy atom. The first-order chi connectivity index (χ1) is 9.63. The summed E-state index contributed by atoms with van der Waals surface area (Å²) in [5.41, 5.74) is 1.35. The molecule has 0 spiro atoms. The van der Waals surface area contributed by atoms with Crippen LogP contribution in [0.25, 0.3) is 0 Å². The quantitative estimate of drug-likeness (QED) is 0.841. The SMILES string of the molecule is CC(=O)C1=C(C)OC(c2ccccc2)(c2cccs2)C1. The van der Waals surface area contributed by atoms with Gasteiger partial charge >= 0.3 is 0 Å². The topological polar surface area (TPSA) is 26.3 Å². The Morgan fingerprint density at radius 1 is 1.20 bits per heavy atom. The number of ketones is 1. The molecule has 102 valence electrons. The normalized spacial score (nSPS) is 21.9. The largest absolute Gasteiger partial charge is 0.481 e. The summed E-state index contributed by atoms with van der Waals surface area (Å²) in [4.78, 5) is 12.9. The maximum absolute atomic E-state index is 11.8. The van der Waals surface area contributed by atoms with E-state index in [1.165, 1.54) is 0 Å². The Kier molecular flexibility index (Phi) is 3.22. The number of carbonyl (C=O) groups is 1. The van der Waals surface area contributed by atoms with E-state index in [1.54, 1.807) is 18.3 Å². The molecule has 0 bridgehead atoms. The summed E-state index contributed by atoms with van der Waals surface area (Å²) in [5.74, 6) is 0.839. The van der Waals surface area contributed by atoms with Crippen LogP contribution in [-0.2, 0) is 15.1 Å². The lowest BCUT2D eigenvalue weighted by atomic mass is 9.86. The van der Waals surface area contributed by atoms with Crippen LogP contribution >= 0.6 is 11.3 Å². The predicted octanol–water partition coefficient (Wildman–Crippen LogP) is 4.28. The van der Waals surface area contributed by atoms with Crippen LogP contribution in [0.4, 0.5) is 0 Å². The van der Waals surface area contributed by atoms with Gasteiger partial charge in [0.1, 0.15) is 5.76 Å². The van der Waals surface area contributed by atoms with Crippen molar-refractivity contribution in [1.82, 2.24) is 0 Å². The molecule has 0 saturated carbocycles. The van der Waals surface area contributed by atoms with Crippen molar-refractivity contribution in [2.24, 2.45) is 0 Å². The molecule has 0 saturated heterocycles. The molecule has 0 amide bonds. The predicted molar refractivity (Wildman–Crippen MR) is 80.6 cm³/mol. The van der Waals surface area contributed by atoms with Gasteiger partial charge in [-0.25, -0.2) is 0 Å². The minimum Gasteiger partial charge on any atom is -0.481 e. The van der Waals surface area contributed by atoms with Crippen molar-refractivity contribution in [3.05, 3.63) is 69.6 Å². The maximum atomic E-state index is 11.8. The molecule has 2 nitrogen and oxygen atoms in total. The summed E-state index contributed by atoms with van der Waals surface area (Å²) >= 11 is 1.67. The van der Waals surface area contributed by atoms with Crippen LogP contribution in [-0.4, -0.2) is 5.78 Å². The minimum absolute atomic E-state index is 0.0943. The van der Waals surface area contributed by atoms with Gasteiger partial charge in [-0.1, -0.05) is 36.4 Å². The Balaban J connectivity index is 2.12. The van der Waals surface area contributed by atoms with Gasteiger partial charge in [-0.05, 0) is 25.3 Å². The third-order valence-electron chi connectivity index (χ3n) is 3.76. The second-order valence-electron chi connectivity index (χ2n) is 5.04. The summed E-state index contributed by atoms with van der Waals surface area (Å²) in [6.07, 6.45) is 0.610. The number of carbonyl (C=O) groups excluding carboxylic acids is 1. The molecule has 1 aliphatic heterocycles. The van der Waals surface area contributed by atoms with Crippen LogP contribution < -0.4 is 0 Å². The lowest BCUT2D eigenvalue weighted by Gasteiger charge is -2.29. The fourth-order valence-electron chi connectivity index (χ4n) is 2.76. The third-order valence-corrected chi connectivity index (χ3v) is 4.78. The Bertz CT molecular complexity index is 656. The molecule has 0 radical (unpaired) electrons. The first-order valence-corrected chi connectivity index (χ1v) is 7.50. The number of rotatable bonds is 3. The second kappa shape index (κ2) is 4.91. The van der Waals surface area contributed by atoms with Gasteiger partial charge in [0, 0.05) is 17.6 Å². The standard InChI is InChI=1S/C17H16O2S/c1-12(18)15-11-17(19-13(15)2,16-9-6-10-20-16)14-7-4-3-5-8-14/h3-10H,11H2,1-2H3. The molecule has 1 unspecified atom stereocenters. The highest BCUT2D eigenvalue weighted by atomic mass is 32.1. The summed E-state index contributed by atoms with van der Waals surface area (Å²) in [7, 11) is 0. The van der Waals surface area contributed by atoms with Crippen molar-refractivity contribution in [1.29, 1.82) is 0 Å². The first-order valence-electron chi connectivity index (χ1n) is 6.63. The fourth-order valence-corrected chi connectivity index (χ4v) is 3.64. The Morgan fingerprint density at radius 3 is 2.50 bits per heavy atom. The maximum Gasteiger partial charge on any atom is 0.172 e. The van der Waals surface area contributed by atoms with E-state index in [-0.39, 0.29) is 5.78 Å². The van der Waals surface area contributed by atoms with E-state index in [2.05, 4.69) is 18.2 Å². The molecule has 0 N–H and O–H groups in total. The van der Waals surface area contributed by atoms with Crippen LogP contribution in [0.2, 0.25) is 0 Å². The van der Waals surface area contributed by atoms with E-state index in [1.807, 2.05) is 36.6 Å². The average molecular weight is 284 g/mol. The van der Waals surface area contributed by atoms with Crippen LogP contribution in [0, 0.1) is 0 Å². The highest BCUT2D eigenvalue weighted by Crippen LogP contribution is 2.48. The molecule has 0 aliphatic carbocycles. The van der Waals surface area contributed by atoms with E-state index in [0.717, 1.165) is 21.8 Å². The van der Waals surface area contributed by atoms with Crippen LogP contribution in [0.5, 0.6) is 0 Å². The van der Waals surface area contributed by atoms with E-state index in [9.17, 15) is 4.79 Å². The fraction of sp³-hybridized carbons (Fsp3) is 0.235. The lowest BCUT2D eigenvalue weighted by Crippen LogP contribution is -2.26. The monoisotopic (exact) mass is 284 g/mol. The highest BCUT2D eigenvalue weighted by molar-refractivity contribution is 7.10. The van der Waals surface area contributed by atoms with Crippen molar-refractivity contribution in [2.75, 3.05) is 0 Å². The molecule has 1 aliphatic rings. The number of hydrogen-bond acceptors (Lipinski definition) is 3. The zero-order valence-corrected chi connectivity index (χ0v) is 12.4. The van der Waals surface area contributed by atoms with Crippen LogP contribution in [0.15, 0.2) is 59.2 Å². The van der Waals surface area contributed by atoms with Gasteiger partial charge in [-0.2, -0.15) is 0 Å². The molecule has 3 heteroatoms. The zero-order chi connectivity index (χ0) is 14.2. The van der Waals surface area contributed by atoms with Gasteiger partial charge in [0.2, 0.25) is 0 Å². The summed E-state index contributed by atoms with van der Waals surface area (Å²) in [6, 6.07) is 14.2.